The lowest BCUT2D eigenvalue weighted by atomic mass is 9.87. The van der Waals surface area contributed by atoms with Crippen LogP contribution in [0.1, 0.15) is 37.7 Å². The monoisotopic (exact) mass is 529 g/mol. The van der Waals surface area contributed by atoms with E-state index in [9.17, 15) is 14.0 Å². The highest BCUT2D eigenvalue weighted by molar-refractivity contribution is 6.33. The molecule has 2 aromatic carbocycles. The Hall–Kier alpha value is -3.17. The number of halogens is 2. The van der Waals surface area contributed by atoms with E-state index in [-0.39, 0.29) is 50.0 Å². The average molecular weight is 530 g/mol. The van der Waals surface area contributed by atoms with Crippen LogP contribution in [0, 0.1) is 5.92 Å². The minimum absolute atomic E-state index is 0.0453. The van der Waals surface area contributed by atoms with Crippen molar-refractivity contribution < 1.29 is 28.2 Å². The van der Waals surface area contributed by atoms with Crippen molar-refractivity contribution >= 4 is 46.3 Å². The Morgan fingerprint density at radius 3 is 2.70 bits per heavy atom. The second-order valence-corrected chi connectivity index (χ2v) is 10.2. The predicted octanol–water partition coefficient (Wildman–Crippen LogP) is 5.37. The van der Waals surface area contributed by atoms with Gasteiger partial charge in [-0.3, -0.25) is 9.59 Å². The number of aliphatic carboxylic acids is 1. The number of carboxylic acids is 1. The van der Waals surface area contributed by atoms with E-state index in [2.05, 4.69) is 10.3 Å². The molecule has 1 aromatic heterocycles. The number of para-hydroxylation sites is 2. The summed E-state index contributed by atoms with van der Waals surface area (Å²) < 4.78 is 25.9. The number of anilines is 2. The number of rotatable bonds is 8. The van der Waals surface area contributed by atoms with Crippen LogP contribution >= 0.6 is 11.6 Å². The predicted molar refractivity (Wildman–Crippen MR) is 137 cm³/mol. The first-order valence-corrected chi connectivity index (χ1v) is 12.9. The number of ether oxygens (including phenoxy) is 1. The number of carbonyl (C=O) groups excluding carboxylic acids is 1. The molecule has 1 amide bonds. The lowest BCUT2D eigenvalue weighted by Gasteiger charge is -2.29. The van der Waals surface area contributed by atoms with Gasteiger partial charge in [-0.1, -0.05) is 29.8 Å². The maximum Gasteiger partial charge on any atom is 0.306 e. The Labute approximate surface area is 218 Å². The Balaban J connectivity index is 1.17. The second kappa shape index (κ2) is 11.1. The molecule has 1 saturated heterocycles. The third-order valence-electron chi connectivity index (χ3n) is 7.16. The second-order valence-electron chi connectivity index (χ2n) is 9.78. The van der Waals surface area contributed by atoms with Crippen LogP contribution in [0.5, 0.6) is 0 Å². The van der Waals surface area contributed by atoms with Gasteiger partial charge in [0.25, 0.3) is 6.01 Å². The average Bonchev–Trinajstić information content (AvgIpc) is 3.47. The first-order valence-electron chi connectivity index (χ1n) is 12.5. The van der Waals surface area contributed by atoms with Gasteiger partial charge in [0.05, 0.1) is 48.3 Å². The van der Waals surface area contributed by atoms with Crippen molar-refractivity contribution in [3.05, 3.63) is 53.1 Å². The molecule has 2 heterocycles. The molecule has 196 valence electrons. The molecule has 0 spiro atoms. The standard InChI is InChI=1S/C27H29ClFN3O5/c28-21-11-16(5-10-22(21)30-27-31-23-3-1-2-4-24(23)37-27)12-25(33)32-14-18(29)13-19(32)15-36-20-8-6-17(7-9-20)26(34)35/h1-5,10-11,17-20H,6-9,12-15H2,(H,30,31)(H,34,35)/t17-,18-,19-,20-/m0/s1. The van der Waals surface area contributed by atoms with Gasteiger partial charge in [-0.15, -0.1) is 0 Å². The van der Waals surface area contributed by atoms with Gasteiger partial charge in [-0.25, -0.2) is 4.39 Å². The molecule has 8 nitrogen and oxygen atoms in total. The van der Waals surface area contributed by atoms with Gasteiger partial charge in [0.2, 0.25) is 5.91 Å². The summed E-state index contributed by atoms with van der Waals surface area (Å²) in [6.45, 7) is 0.298. The third-order valence-corrected chi connectivity index (χ3v) is 7.47. The Morgan fingerprint density at radius 1 is 1.19 bits per heavy atom. The number of hydrogen-bond acceptors (Lipinski definition) is 6. The van der Waals surface area contributed by atoms with E-state index in [1.54, 1.807) is 23.1 Å². The highest BCUT2D eigenvalue weighted by Crippen LogP contribution is 2.30. The first kappa shape index (κ1) is 25.5. The van der Waals surface area contributed by atoms with Crippen molar-refractivity contribution in [3.63, 3.8) is 0 Å². The molecule has 2 atom stereocenters. The molecule has 5 rings (SSSR count). The fourth-order valence-electron chi connectivity index (χ4n) is 5.13. The quantitative estimate of drug-likeness (QED) is 0.404. The lowest BCUT2D eigenvalue weighted by Crippen LogP contribution is -2.40. The number of aromatic nitrogens is 1. The van der Waals surface area contributed by atoms with Crippen molar-refractivity contribution in [2.24, 2.45) is 5.92 Å². The molecule has 37 heavy (non-hydrogen) atoms. The molecule has 0 unspecified atom stereocenters. The van der Waals surface area contributed by atoms with E-state index in [1.165, 1.54) is 0 Å². The number of benzene rings is 2. The lowest BCUT2D eigenvalue weighted by molar-refractivity contribution is -0.144. The van der Waals surface area contributed by atoms with Crippen LogP contribution in [-0.2, 0) is 20.7 Å². The summed E-state index contributed by atoms with van der Waals surface area (Å²) in [6.07, 6.45) is 1.69. The fraction of sp³-hybridized carbons (Fsp3) is 0.444. The molecule has 0 radical (unpaired) electrons. The molecule has 10 heteroatoms. The van der Waals surface area contributed by atoms with Crippen LogP contribution in [-0.4, -0.2) is 58.3 Å². The topological polar surface area (TPSA) is 105 Å². The van der Waals surface area contributed by atoms with Gasteiger partial charge in [0, 0.05) is 6.42 Å². The number of nitrogens with zero attached hydrogens (tertiary/aromatic N) is 2. The number of fused-ring (bicyclic) bond motifs is 1. The van der Waals surface area contributed by atoms with E-state index in [0.29, 0.717) is 53.6 Å². The van der Waals surface area contributed by atoms with Crippen molar-refractivity contribution in [2.45, 2.75) is 56.8 Å². The van der Waals surface area contributed by atoms with Crippen LogP contribution in [0.25, 0.3) is 11.1 Å². The maximum absolute atomic E-state index is 14.3. The molecular formula is C27H29ClFN3O5. The van der Waals surface area contributed by atoms with Crippen LogP contribution in [0.3, 0.4) is 0 Å². The van der Waals surface area contributed by atoms with E-state index in [4.69, 9.17) is 25.9 Å². The molecule has 2 N–H and O–H groups in total. The van der Waals surface area contributed by atoms with Crippen molar-refractivity contribution in [2.75, 3.05) is 18.5 Å². The molecule has 0 bridgehead atoms. The number of carbonyl (C=O) groups is 2. The minimum atomic E-state index is -1.09. The van der Waals surface area contributed by atoms with Crippen molar-refractivity contribution in [3.8, 4) is 0 Å². The zero-order valence-electron chi connectivity index (χ0n) is 20.2. The Kier molecular flexibility index (Phi) is 7.62. The summed E-state index contributed by atoms with van der Waals surface area (Å²) in [5.41, 5.74) is 2.70. The number of likely N-dealkylation sites (tertiary alicyclic amines) is 1. The third kappa shape index (κ3) is 6.05. The molecule has 2 fully saturated rings. The number of oxazole rings is 1. The molecule has 3 aromatic rings. The number of hydrogen-bond donors (Lipinski definition) is 2. The van der Waals surface area contributed by atoms with Crippen LogP contribution in [0.15, 0.2) is 46.9 Å². The summed E-state index contributed by atoms with van der Waals surface area (Å²) in [5.74, 6) is -1.26. The summed E-state index contributed by atoms with van der Waals surface area (Å²) in [6, 6.07) is 12.7. The fourth-order valence-corrected chi connectivity index (χ4v) is 5.38. The van der Waals surface area contributed by atoms with Gasteiger partial charge in [0.15, 0.2) is 5.58 Å². The summed E-state index contributed by atoms with van der Waals surface area (Å²) in [4.78, 5) is 30.2. The van der Waals surface area contributed by atoms with Crippen LogP contribution in [0.2, 0.25) is 5.02 Å². The number of nitrogens with one attached hydrogen (secondary N) is 1. The van der Waals surface area contributed by atoms with Gasteiger partial charge >= 0.3 is 5.97 Å². The highest BCUT2D eigenvalue weighted by atomic mass is 35.5. The molecule has 1 aliphatic carbocycles. The maximum atomic E-state index is 14.3. The van der Waals surface area contributed by atoms with E-state index in [1.807, 2.05) is 24.3 Å². The van der Waals surface area contributed by atoms with Gasteiger partial charge < -0.3 is 24.5 Å². The summed E-state index contributed by atoms with van der Waals surface area (Å²) in [5, 5.41) is 12.6. The van der Waals surface area contributed by atoms with E-state index < -0.39 is 12.1 Å². The normalized spacial score (nSPS) is 23.9. The number of alkyl halides is 1. The number of carboxylic acid groups (broad SMARTS) is 1. The Bertz CT molecular complexity index is 1240. The van der Waals surface area contributed by atoms with Crippen LogP contribution in [0.4, 0.5) is 16.1 Å². The minimum Gasteiger partial charge on any atom is -0.481 e. The molecule has 2 aliphatic rings. The number of amides is 1. The van der Waals surface area contributed by atoms with E-state index in [0.717, 1.165) is 5.52 Å². The zero-order chi connectivity index (χ0) is 25.9. The molecular weight excluding hydrogens is 501 g/mol. The highest BCUT2D eigenvalue weighted by Gasteiger charge is 2.36. The summed E-state index contributed by atoms with van der Waals surface area (Å²) in [7, 11) is 0. The van der Waals surface area contributed by atoms with Crippen molar-refractivity contribution in [1.82, 2.24) is 9.88 Å². The van der Waals surface area contributed by atoms with Gasteiger partial charge in [-0.05, 0) is 55.5 Å². The Morgan fingerprint density at radius 2 is 1.97 bits per heavy atom. The van der Waals surface area contributed by atoms with Gasteiger partial charge in [0.1, 0.15) is 11.7 Å². The molecule has 1 saturated carbocycles. The van der Waals surface area contributed by atoms with Crippen molar-refractivity contribution in [1.29, 1.82) is 0 Å². The molecule has 1 aliphatic heterocycles. The largest absolute Gasteiger partial charge is 0.481 e. The summed E-state index contributed by atoms with van der Waals surface area (Å²) >= 11 is 6.46. The van der Waals surface area contributed by atoms with Crippen LogP contribution < -0.4 is 5.32 Å². The SMILES string of the molecule is O=C(Cc1ccc(Nc2nc3ccccc3o2)c(Cl)c1)N1C[C@@H](F)C[C@H]1CO[C@H]1CC[C@H](C(=O)O)CC1. The first-order chi connectivity index (χ1) is 17.9. The zero-order valence-corrected chi connectivity index (χ0v) is 21.0. The van der Waals surface area contributed by atoms with Gasteiger partial charge in [-0.2, -0.15) is 4.98 Å². The van der Waals surface area contributed by atoms with E-state index >= 15 is 0 Å². The smallest absolute Gasteiger partial charge is 0.306 e.